The van der Waals surface area contributed by atoms with Crippen LogP contribution in [0.1, 0.15) is 24.0 Å². The van der Waals surface area contributed by atoms with Gasteiger partial charge in [0, 0.05) is 42.8 Å². The molecule has 2 rings (SSSR count). The Balaban J connectivity index is 2.22. The third-order valence-corrected chi connectivity index (χ3v) is 7.11. The van der Waals surface area contributed by atoms with Crippen molar-refractivity contribution in [3.8, 4) is 5.75 Å². The fourth-order valence-electron chi connectivity index (χ4n) is 3.98. The van der Waals surface area contributed by atoms with Crippen LogP contribution in [0.5, 0.6) is 5.75 Å². The lowest BCUT2D eigenvalue weighted by Crippen LogP contribution is -2.57. The minimum atomic E-state index is -1.23. The maximum atomic E-state index is 13.5. The molecule has 12 heteroatoms. The average molecular weight is 575 g/mol. The zero-order valence-electron chi connectivity index (χ0n) is 23.0. The van der Waals surface area contributed by atoms with Gasteiger partial charge >= 0.3 is 5.97 Å². The van der Waals surface area contributed by atoms with Crippen molar-refractivity contribution in [1.29, 1.82) is 0 Å². The van der Waals surface area contributed by atoms with Gasteiger partial charge < -0.3 is 31.1 Å². The second kappa shape index (κ2) is 16.4. The second-order valence-corrected chi connectivity index (χ2v) is 11.0. The Bertz CT molecular complexity index is 1160. The van der Waals surface area contributed by atoms with Crippen molar-refractivity contribution in [2.45, 2.75) is 43.8 Å². The van der Waals surface area contributed by atoms with E-state index in [4.69, 9.17) is 5.11 Å². The van der Waals surface area contributed by atoms with E-state index in [1.165, 1.54) is 30.3 Å². The first-order chi connectivity index (χ1) is 19.0. The number of phenols is 1. The van der Waals surface area contributed by atoms with Crippen LogP contribution < -0.4 is 16.0 Å². The summed E-state index contributed by atoms with van der Waals surface area (Å²) in [6.45, 7) is -0.0363. The zero-order chi connectivity index (χ0) is 29.7. The average Bonchev–Trinajstić information content (AvgIpc) is 2.93. The maximum absolute atomic E-state index is 13.5. The quantitative estimate of drug-likeness (QED) is 0.193. The molecule has 0 aromatic heterocycles. The molecule has 0 spiro atoms. The normalized spacial score (nSPS) is 13.9. The number of carbonyl (C=O) groups excluding carboxylic acids is 3. The molecule has 218 valence electrons. The van der Waals surface area contributed by atoms with Gasteiger partial charge in [0.15, 0.2) is 0 Å². The van der Waals surface area contributed by atoms with E-state index in [2.05, 4.69) is 16.0 Å². The Labute approximate surface area is 236 Å². The van der Waals surface area contributed by atoms with E-state index in [1.807, 2.05) is 18.2 Å². The first-order valence-corrected chi connectivity index (χ1v) is 14.6. The Hall–Kier alpha value is -3.77. The predicted octanol–water partition coefficient (Wildman–Crippen LogP) is 0.437. The molecule has 3 amide bonds. The van der Waals surface area contributed by atoms with Crippen molar-refractivity contribution in [2.75, 3.05) is 32.6 Å². The zero-order valence-corrected chi connectivity index (χ0v) is 23.8. The molecule has 5 N–H and O–H groups in total. The van der Waals surface area contributed by atoms with E-state index >= 15 is 0 Å². The van der Waals surface area contributed by atoms with Gasteiger partial charge in [0.2, 0.25) is 17.7 Å². The molecule has 4 atom stereocenters. The molecule has 2 aromatic carbocycles. The molecule has 0 heterocycles. The van der Waals surface area contributed by atoms with Crippen LogP contribution in [0, 0.1) is 0 Å². The summed E-state index contributed by atoms with van der Waals surface area (Å²) in [6.07, 6.45) is 1.78. The largest absolute Gasteiger partial charge is 0.508 e. The van der Waals surface area contributed by atoms with E-state index in [1.54, 1.807) is 31.3 Å². The Kier molecular flexibility index (Phi) is 13.3. The summed E-state index contributed by atoms with van der Waals surface area (Å²) >= 11 is 0. The summed E-state index contributed by atoms with van der Waals surface area (Å²) in [5, 5.41) is 26.9. The summed E-state index contributed by atoms with van der Waals surface area (Å²) < 4.78 is 11.8. The summed E-state index contributed by atoms with van der Waals surface area (Å²) in [7, 11) is 1.85. The fourth-order valence-corrected chi connectivity index (χ4v) is 4.55. The molecule has 0 aliphatic carbocycles. The number of carboxylic acid groups (broad SMARTS) is 1. The van der Waals surface area contributed by atoms with Gasteiger partial charge in [-0.25, -0.2) is 0 Å². The van der Waals surface area contributed by atoms with Gasteiger partial charge in [-0.05, 0) is 43.1 Å². The molecule has 0 fully saturated rings. The highest BCUT2D eigenvalue weighted by atomic mass is 32.2. The van der Waals surface area contributed by atoms with E-state index in [9.17, 15) is 28.5 Å². The minimum absolute atomic E-state index is 0.0363. The molecule has 0 aliphatic rings. The molecular formula is C28H38N4O7S. The van der Waals surface area contributed by atoms with Gasteiger partial charge in [-0.15, -0.1) is 0 Å². The van der Waals surface area contributed by atoms with Gasteiger partial charge in [0.05, 0.1) is 12.5 Å². The molecule has 0 aliphatic heterocycles. The lowest BCUT2D eigenvalue weighted by atomic mass is 10.0. The van der Waals surface area contributed by atoms with Crippen molar-refractivity contribution >= 4 is 34.5 Å². The molecular weight excluding hydrogens is 536 g/mol. The van der Waals surface area contributed by atoms with E-state index in [0.717, 1.165) is 11.1 Å². The van der Waals surface area contributed by atoms with E-state index < -0.39 is 52.6 Å². The van der Waals surface area contributed by atoms with E-state index in [0.29, 0.717) is 6.42 Å². The number of nitrogens with zero attached hydrogens (tertiary/aromatic N) is 1. The van der Waals surface area contributed by atoms with Crippen LogP contribution in [0.15, 0.2) is 54.6 Å². The Morgan fingerprint density at radius 2 is 1.43 bits per heavy atom. The highest BCUT2D eigenvalue weighted by Crippen LogP contribution is 2.12. The van der Waals surface area contributed by atoms with Crippen LogP contribution in [0.4, 0.5) is 0 Å². The lowest BCUT2D eigenvalue weighted by Gasteiger charge is -2.27. The molecule has 0 saturated carbocycles. The van der Waals surface area contributed by atoms with Crippen molar-refractivity contribution in [2.24, 2.45) is 0 Å². The number of amides is 3. The second-order valence-electron chi connectivity index (χ2n) is 9.49. The van der Waals surface area contributed by atoms with Crippen LogP contribution in [0.3, 0.4) is 0 Å². The van der Waals surface area contributed by atoms with Gasteiger partial charge in [-0.2, -0.15) is 0 Å². The predicted molar refractivity (Wildman–Crippen MR) is 152 cm³/mol. The Morgan fingerprint density at radius 1 is 0.875 bits per heavy atom. The van der Waals surface area contributed by atoms with Gasteiger partial charge in [0.1, 0.15) is 17.8 Å². The first kappa shape index (κ1) is 32.4. The molecule has 0 bridgehead atoms. The topological polar surface area (TPSA) is 165 Å². The Morgan fingerprint density at radius 3 is 2.00 bits per heavy atom. The minimum Gasteiger partial charge on any atom is -0.508 e. The van der Waals surface area contributed by atoms with Crippen LogP contribution in [0.2, 0.25) is 0 Å². The van der Waals surface area contributed by atoms with Crippen molar-refractivity contribution in [1.82, 2.24) is 20.9 Å². The highest BCUT2D eigenvalue weighted by molar-refractivity contribution is 7.84. The van der Waals surface area contributed by atoms with Gasteiger partial charge in [0.25, 0.3) is 0 Å². The highest BCUT2D eigenvalue weighted by Gasteiger charge is 2.30. The number of rotatable bonds is 16. The molecule has 0 saturated heterocycles. The summed E-state index contributed by atoms with van der Waals surface area (Å²) in [6, 6.07) is 12.7. The molecule has 40 heavy (non-hydrogen) atoms. The third-order valence-electron chi connectivity index (χ3n) is 6.30. The fraction of sp³-hybridized carbons (Fsp3) is 0.429. The maximum Gasteiger partial charge on any atom is 0.305 e. The number of aromatic hydroxyl groups is 1. The summed E-state index contributed by atoms with van der Waals surface area (Å²) in [5.41, 5.74) is 1.58. The van der Waals surface area contributed by atoms with Crippen molar-refractivity contribution < 1.29 is 33.6 Å². The number of benzene rings is 2. The first-order valence-electron chi connectivity index (χ1n) is 12.9. The van der Waals surface area contributed by atoms with Crippen LogP contribution in [-0.2, 0) is 42.8 Å². The van der Waals surface area contributed by atoms with Crippen molar-refractivity contribution in [3.63, 3.8) is 0 Å². The third kappa shape index (κ3) is 11.1. The SMILES string of the molecule is CN[C@@H](Cc1ccc(O)cc1)C(=O)N[C@H](CCS(C)=O)C(=O)N[C@@H](Cc1ccccc1)C(=O)N(C)CCC(=O)O. The van der Waals surface area contributed by atoms with Crippen molar-refractivity contribution in [3.05, 3.63) is 65.7 Å². The number of aliphatic carboxylic acids is 1. The number of hydrogen-bond acceptors (Lipinski definition) is 7. The monoisotopic (exact) mass is 574 g/mol. The molecule has 0 radical (unpaired) electrons. The van der Waals surface area contributed by atoms with Crippen LogP contribution in [-0.4, -0.2) is 93.8 Å². The summed E-state index contributed by atoms with van der Waals surface area (Å²) in [5.74, 6) is -2.34. The molecule has 1 unspecified atom stereocenters. The van der Waals surface area contributed by atoms with Gasteiger partial charge in [-0.1, -0.05) is 42.5 Å². The van der Waals surface area contributed by atoms with Crippen LogP contribution in [0.25, 0.3) is 0 Å². The number of carboxylic acids is 1. The number of hydrogen-bond donors (Lipinski definition) is 5. The summed E-state index contributed by atoms with van der Waals surface area (Å²) in [4.78, 5) is 52.1. The number of nitrogens with one attached hydrogen (secondary N) is 3. The molecule has 11 nitrogen and oxygen atoms in total. The van der Waals surface area contributed by atoms with Gasteiger partial charge in [-0.3, -0.25) is 23.4 Å². The molecule has 2 aromatic rings. The number of carbonyl (C=O) groups is 4. The standard InChI is InChI=1S/C28H38N4O7S/c1-29-23(17-20-9-11-21(33)12-10-20)27(37)30-22(14-16-40(3)39)26(36)31-24(18-19-7-5-4-6-8-19)28(38)32(2)15-13-25(34)35/h4-12,22-24,29,33H,13-18H2,1-3H3,(H,30,37)(H,31,36)(H,34,35)/t22-,23+,24+,40?/m1/s1. The van der Waals surface area contributed by atoms with E-state index in [-0.39, 0.29) is 37.3 Å². The number of likely N-dealkylation sites (N-methyl/N-ethyl adjacent to an activating group) is 2. The lowest BCUT2D eigenvalue weighted by molar-refractivity contribution is -0.139. The smallest absolute Gasteiger partial charge is 0.305 e. The van der Waals surface area contributed by atoms with Crippen LogP contribution >= 0.6 is 0 Å². The number of phenolic OH excluding ortho intramolecular Hbond substituents is 1.